The zero-order chi connectivity index (χ0) is 13.7. The fourth-order valence-corrected chi connectivity index (χ4v) is 2.09. The Balaban J connectivity index is 1.97. The SMILES string of the molecule is CCC(NC)c1ccc(OCc2nccn2C)cc1. The molecule has 4 nitrogen and oxygen atoms in total. The van der Waals surface area contributed by atoms with Crippen molar-refractivity contribution in [1.82, 2.24) is 14.9 Å². The number of benzene rings is 1. The van der Waals surface area contributed by atoms with Crippen LogP contribution < -0.4 is 10.1 Å². The number of rotatable bonds is 6. The maximum absolute atomic E-state index is 5.73. The number of hydrogen-bond donors (Lipinski definition) is 1. The number of imidazole rings is 1. The zero-order valence-electron chi connectivity index (χ0n) is 11.8. The molecule has 0 aliphatic carbocycles. The molecule has 1 aromatic heterocycles. The van der Waals surface area contributed by atoms with Crippen molar-refractivity contribution in [2.75, 3.05) is 7.05 Å². The minimum absolute atomic E-state index is 0.406. The van der Waals surface area contributed by atoms with Crippen molar-refractivity contribution in [2.24, 2.45) is 7.05 Å². The van der Waals surface area contributed by atoms with E-state index in [1.54, 1.807) is 6.20 Å². The first kappa shape index (κ1) is 13.6. The van der Waals surface area contributed by atoms with Gasteiger partial charge in [-0.1, -0.05) is 19.1 Å². The van der Waals surface area contributed by atoms with Crippen molar-refractivity contribution in [2.45, 2.75) is 26.0 Å². The van der Waals surface area contributed by atoms with Gasteiger partial charge in [0.25, 0.3) is 0 Å². The van der Waals surface area contributed by atoms with Gasteiger partial charge in [0.05, 0.1) is 0 Å². The molecule has 102 valence electrons. The highest BCUT2D eigenvalue weighted by molar-refractivity contribution is 5.29. The third-order valence-electron chi connectivity index (χ3n) is 3.33. The molecule has 2 rings (SSSR count). The molecule has 1 heterocycles. The quantitative estimate of drug-likeness (QED) is 0.867. The Morgan fingerprint density at radius 3 is 2.58 bits per heavy atom. The molecule has 1 unspecified atom stereocenters. The number of aromatic nitrogens is 2. The van der Waals surface area contributed by atoms with Crippen LogP contribution in [-0.2, 0) is 13.7 Å². The molecular weight excluding hydrogens is 238 g/mol. The van der Waals surface area contributed by atoms with E-state index >= 15 is 0 Å². The van der Waals surface area contributed by atoms with Crippen LogP contribution in [0.15, 0.2) is 36.7 Å². The number of hydrogen-bond acceptors (Lipinski definition) is 3. The maximum Gasteiger partial charge on any atom is 0.146 e. The molecule has 19 heavy (non-hydrogen) atoms. The van der Waals surface area contributed by atoms with Crippen molar-refractivity contribution >= 4 is 0 Å². The first-order chi connectivity index (χ1) is 9.24. The fourth-order valence-electron chi connectivity index (χ4n) is 2.09. The minimum Gasteiger partial charge on any atom is -0.486 e. The highest BCUT2D eigenvalue weighted by Gasteiger charge is 2.06. The summed E-state index contributed by atoms with van der Waals surface area (Å²) in [4.78, 5) is 4.23. The lowest BCUT2D eigenvalue weighted by Gasteiger charge is -2.14. The average molecular weight is 259 g/mol. The van der Waals surface area contributed by atoms with Crippen LogP contribution in [0.3, 0.4) is 0 Å². The molecular formula is C15H21N3O. The number of nitrogens with zero attached hydrogens (tertiary/aromatic N) is 2. The Bertz CT molecular complexity index is 500. The van der Waals surface area contributed by atoms with Gasteiger partial charge in [-0.2, -0.15) is 0 Å². The topological polar surface area (TPSA) is 39.1 Å². The Morgan fingerprint density at radius 2 is 2.05 bits per heavy atom. The van der Waals surface area contributed by atoms with Crippen LogP contribution in [0, 0.1) is 0 Å². The molecule has 0 radical (unpaired) electrons. The van der Waals surface area contributed by atoms with Crippen molar-refractivity contribution in [3.63, 3.8) is 0 Å². The number of nitrogens with one attached hydrogen (secondary N) is 1. The number of ether oxygens (including phenoxy) is 1. The van der Waals surface area contributed by atoms with Gasteiger partial charge in [-0.3, -0.25) is 0 Å². The lowest BCUT2D eigenvalue weighted by atomic mass is 10.1. The number of aryl methyl sites for hydroxylation is 1. The standard InChI is InChI=1S/C15H21N3O/c1-4-14(16-2)12-5-7-13(8-6-12)19-11-15-17-9-10-18(15)3/h5-10,14,16H,4,11H2,1-3H3. The van der Waals surface area contributed by atoms with Gasteiger partial charge in [0.1, 0.15) is 18.2 Å². The van der Waals surface area contributed by atoms with Gasteiger partial charge in [0.15, 0.2) is 0 Å². The van der Waals surface area contributed by atoms with E-state index in [4.69, 9.17) is 4.74 Å². The Morgan fingerprint density at radius 1 is 1.32 bits per heavy atom. The van der Waals surface area contributed by atoms with Crippen molar-refractivity contribution in [3.8, 4) is 5.75 Å². The van der Waals surface area contributed by atoms with Crippen LogP contribution in [0.25, 0.3) is 0 Å². The lowest BCUT2D eigenvalue weighted by molar-refractivity contribution is 0.291. The van der Waals surface area contributed by atoms with E-state index in [0.29, 0.717) is 12.6 Å². The molecule has 1 atom stereocenters. The molecule has 0 bridgehead atoms. The first-order valence-corrected chi connectivity index (χ1v) is 6.60. The summed E-state index contributed by atoms with van der Waals surface area (Å²) in [6.07, 6.45) is 4.77. The Hall–Kier alpha value is -1.81. The summed E-state index contributed by atoms with van der Waals surface area (Å²) in [7, 11) is 3.95. The summed E-state index contributed by atoms with van der Waals surface area (Å²) in [6.45, 7) is 2.67. The summed E-state index contributed by atoms with van der Waals surface area (Å²) in [5.74, 6) is 1.79. The third kappa shape index (κ3) is 3.35. The van der Waals surface area contributed by atoms with Crippen LogP contribution >= 0.6 is 0 Å². The van der Waals surface area contributed by atoms with Crippen molar-refractivity contribution in [3.05, 3.63) is 48.0 Å². The molecule has 1 N–H and O–H groups in total. The minimum atomic E-state index is 0.406. The molecule has 1 aromatic carbocycles. The van der Waals surface area contributed by atoms with Crippen LogP contribution in [0.4, 0.5) is 0 Å². The van der Waals surface area contributed by atoms with Crippen LogP contribution in [-0.4, -0.2) is 16.6 Å². The summed E-state index contributed by atoms with van der Waals surface area (Å²) in [5, 5.41) is 3.30. The highest BCUT2D eigenvalue weighted by atomic mass is 16.5. The van der Waals surface area contributed by atoms with Gasteiger partial charge in [-0.05, 0) is 31.2 Å². The highest BCUT2D eigenvalue weighted by Crippen LogP contribution is 2.20. The van der Waals surface area contributed by atoms with E-state index in [2.05, 4.69) is 29.4 Å². The van der Waals surface area contributed by atoms with E-state index < -0.39 is 0 Å². The second kappa shape index (κ2) is 6.38. The van der Waals surface area contributed by atoms with E-state index in [0.717, 1.165) is 18.0 Å². The van der Waals surface area contributed by atoms with Crippen LogP contribution in [0.2, 0.25) is 0 Å². The third-order valence-corrected chi connectivity index (χ3v) is 3.33. The molecule has 4 heteroatoms. The Kier molecular flexibility index (Phi) is 4.58. The molecule has 0 saturated heterocycles. The van der Waals surface area contributed by atoms with Crippen LogP contribution in [0.1, 0.15) is 30.8 Å². The zero-order valence-corrected chi connectivity index (χ0v) is 11.8. The monoisotopic (exact) mass is 259 g/mol. The second-order valence-electron chi connectivity index (χ2n) is 4.56. The molecule has 0 amide bonds. The van der Waals surface area contributed by atoms with E-state index in [9.17, 15) is 0 Å². The molecule has 0 aliphatic heterocycles. The normalized spacial score (nSPS) is 12.4. The van der Waals surface area contributed by atoms with Gasteiger partial charge in [-0.25, -0.2) is 4.98 Å². The first-order valence-electron chi connectivity index (χ1n) is 6.60. The largest absolute Gasteiger partial charge is 0.486 e. The lowest BCUT2D eigenvalue weighted by Crippen LogP contribution is -2.14. The summed E-state index contributed by atoms with van der Waals surface area (Å²) < 4.78 is 7.69. The van der Waals surface area contributed by atoms with Gasteiger partial charge in [0, 0.05) is 25.5 Å². The predicted octanol–water partition coefficient (Wildman–Crippen LogP) is 2.67. The second-order valence-corrected chi connectivity index (χ2v) is 4.56. The molecule has 0 spiro atoms. The van der Waals surface area contributed by atoms with Crippen LogP contribution in [0.5, 0.6) is 5.75 Å². The summed E-state index contributed by atoms with van der Waals surface area (Å²) in [6, 6.07) is 8.65. The molecule has 2 aromatic rings. The van der Waals surface area contributed by atoms with Gasteiger partial charge < -0.3 is 14.6 Å². The van der Waals surface area contributed by atoms with E-state index in [1.165, 1.54) is 5.56 Å². The molecule has 0 aliphatic rings. The van der Waals surface area contributed by atoms with Crippen molar-refractivity contribution < 1.29 is 4.74 Å². The van der Waals surface area contributed by atoms with E-state index in [1.807, 2.05) is 37.0 Å². The fraction of sp³-hybridized carbons (Fsp3) is 0.400. The van der Waals surface area contributed by atoms with Gasteiger partial charge in [-0.15, -0.1) is 0 Å². The predicted molar refractivity (Wildman–Crippen MR) is 76.1 cm³/mol. The molecule has 0 fully saturated rings. The maximum atomic E-state index is 5.73. The van der Waals surface area contributed by atoms with Crippen molar-refractivity contribution in [1.29, 1.82) is 0 Å². The Labute approximate surface area is 114 Å². The summed E-state index contributed by atoms with van der Waals surface area (Å²) >= 11 is 0. The average Bonchev–Trinajstić information content (AvgIpc) is 2.85. The van der Waals surface area contributed by atoms with E-state index in [-0.39, 0.29) is 0 Å². The smallest absolute Gasteiger partial charge is 0.146 e. The molecule has 0 saturated carbocycles. The summed E-state index contributed by atoms with van der Waals surface area (Å²) in [5.41, 5.74) is 1.29. The van der Waals surface area contributed by atoms with Gasteiger partial charge in [0.2, 0.25) is 0 Å². The van der Waals surface area contributed by atoms with Gasteiger partial charge >= 0.3 is 0 Å².